The van der Waals surface area contributed by atoms with Crippen molar-refractivity contribution >= 4 is 11.9 Å². The van der Waals surface area contributed by atoms with E-state index in [4.69, 9.17) is 9.84 Å². The number of esters is 1. The van der Waals surface area contributed by atoms with E-state index in [1.807, 2.05) is 0 Å². The van der Waals surface area contributed by atoms with Gasteiger partial charge in [-0.05, 0) is 6.92 Å². The normalized spacial score (nSPS) is 10.4. The van der Waals surface area contributed by atoms with Crippen LogP contribution in [0.3, 0.4) is 0 Å². The molecule has 5 heteroatoms. The van der Waals surface area contributed by atoms with Crippen LogP contribution in [-0.4, -0.2) is 28.8 Å². The molecular formula is C14H12O5. The Hall–Kier alpha value is -2.56. The van der Waals surface area contributed by atoms with Gasteiger partial charge in [0.15, 0.2) is 0 Å². The first-order valence-corrected chi connectivity index (χ1v) is 5.72. The maximum absolute atomic E-state index is 11.8. The Bertz CT molecular complexity index is 618. The Morgan fingerprint density at radius 3 is 2.21 bits per heavy atom. The average molecular weight is 260 g/mol. The van der Waals surface area contributed by atoms with Crippen LogP contribution in [0, 0.1) is 0 Å². The molecule has 19 heavy (non-hydrogen) atoms. The Balaban J connectivity index is 2.76. The van der Waals surface area contributed by atoms with Gasteiger partial charge in [-0.1, -0.05) is 30.3 Å². The first-order valence-electron chi connectivity index (χ1n) is 5.72. The minimum atomic E-state index is -1.29. The summed E-state index contributed by atoms with van der Waals surface area (Å²) in [6, 6.07) is 8.13. The fourth-order valence-electron chi connectivity index (χ4n) is 1.99. The van der Waals surface area contributed by atoms with Crippen molar-refractivity contribution in [2.45, 2.75) is 6.92 Å². The zero-order valence-corrected chi connectivity index (χ0v) is 10.2. The second-order valence-corrected chi connectivity index (χ2v) is 3.86. The molecule has 0 aromatic rings. The van der Waals surface area contributed by atoms with Crippen molar-refractivity contribution < 1.29 is 24.5 Å². The summed E-state index contributed by atoms with van der Waals surface area (Å²) in [5.74, 6) is -2.57. The van der Waals surface area contributed by atoms with Crippen LogP contribution in [0.2, 0.25) is 0 Å². The number of aromatic carboxylic acids is 1. The van der Waals surface area contributed by atoms with E-state index in [1.54, 1.807) is 37.3 Å². The van der Waals surface area contributed by atoms with E-state index in [-0.39, 0.29) is 17.7 Å². The van der Waals surface area contributed by atoms with E-state index in [2.05, 4.69) is 0 Å². The summed E-state index contributed by atoms with van der Waals surface area (Å²) in [6.07, 6.45) is 0. The van der Waals surface area contributed by atoms with Gasteiger partial charge in [-0.3, -0.25) is 0 Å². The average Bonchev–Trinajstić information content (AvgIpc) is 2.49. The van der Waals surface area contributed by atoms with Gasteiger partial charge in [-0.2, -0.15) is 0 Å². The van der Waals surface area contributed by atoms with Crippen LogP contribution < -0.4 is 0 Å². The molecular weight excluding hydrogens is 248 g/mol. The lowest BCUT2D eigenvalue weighted by atomic mass is 10.1. The standard InChI is InChI=1S/C14H12O5/c1-2-19-14(18)11-9-7-5-3-4-6-8(9)10(12(11)15)13(16)17/h3-7,15H,2H2,1H3,(H,16,17). The molecule has 0 aromatic heterocycles. The summed E-state index contributed by atoms with van der Waals surface area (Å²) in [7, 11) is 0. The molecule has 0 unspecified atom stereocenters. The molecule has 2 N–H and O–H groups in total. The Morgan fingerprint density at radius 2 is 1.68 bits per heavy atom. The maximum Gasteiger partial charge on any atom is 0.342 e. The second-order valence-electron chi connectivity index (χ2n) is 3.86. The number of carboxylic acids is 1. The number of hydrogen-bond acceptors (Lipinski definition) is 4. The molecule has 0 saturated carbocycles. The first kappa shape index (κ1) is 12.9. The van der Waals surface area contributed by atoms with E-state index in [0.29, 0.717) is 11.1 Å². The molecule has 0 fully saturated rings. The summed E-state index contributed by atoms with van der Waals surface area (Å²) in [5.41, 5.74) is 0.274. The highest BCUT2D eigenvalue weighted by Crippen LogP contribution is 2.41. The number of carboxylic acid groups (broad SMARTS) is 1. The van der Waals surface area contributed by atoms with E-state index >= 15 is 0 Å². The Morgan fingerprint density at radius 1 is 1.11 bits per heavy atom. The number of carbonyl (C=O) groups excluding carboxylic acids is 1. The van der Waals surface area contributed by atoms with Crippen LogP contribution in [-0.2, 0) is 4.74 Å². The van der Waals surface area contributed by atoms with Crippen LogP contribution in [0.25, 0.3) is 11.1 Å². The summed E-state index contributed by atoms with van der Waals surface area (Å²) >= 11 is 0. The molecule has 2 aliphatic rings. The smallest absolute Gasteiger partial charge is 0.342 e. The van der Waals surface area contributed by atoms with Crippen molar-refractivity contribution in [2.75, 3.05) is 6.61 Å². The highest BCUT2D eigenvalue weighted by atomic mass is 16.5. The van der Waals surface area contributed by atoms with Crippen LogP contribution in [0.5, 0.6) is 5.75 Å². The van der Waals surface area contributed by atoms with E-state index in [0.717, 1.165) is 0 Å². The van der Waals surface area contributed by atoms with Gasteiger partial charge in [0.25, 0.3) is 0 Å². The van der Waals surface area contributed by atoms with Gasteiger partial charge in [0.05, 0.1) is 6.61 Å². The molecule has 2 aliphatic carbocycles. The molecule has 98 valence electrons. The highest BCUT2D eigenvalue weighted by Gasteiger charge is 2.30. The lowest BCUT2D eigenvalue weighted by molar-refractivity contribution is 0.0524. The van der Waals surface area contributed by atoms with Gasteiger partial charge >= 0.3 is 11.9 Å². The topological polar surface area (TPSA) is 83.8 Å². The van der Waals surface area contributed by atoms with Crippen LogP contribution in [0.4, 0.5) is 0 Å². The van der Waals surface area contributed by atoms with Crippen molar-refractivity contribution in [3.05, 3.63) is 41.5 Å². The molecule has 0 saturated heterocycles. The maximum atomic E-state index is 11.8. The number of ether oxygens (including phenoxy) is 1. The minimum Gasteiger partial charge on any atom is -0.506 e. The molecule has 0 aromatic carbocycles. The number of carbonyl (C=O) groups is 2. The third-order valence-electron chi connectivity index (χ3n) is 2.74. The lowest BCUT2D eigenvalue weighted by Gasteiger charge is -2.02. The number of aromatic hydroxyl groups is 1. The SMILES string of the molecule is CCOC(=O)c1c2cccccc-2c(C(=O)O)c1O. The molecule has 0 heterocycles. The molecule has 0 aliphatic heterocycles. The van der Waals surface area contributed by atoms with E-state index < -0.39 is 17.7 Å². The zero-order chi connectivity index (χ0) is 14.0. The van der Waals surface area contributed by atoms with Crippen molar-refractivity contribution in [3.63, 3.8) is 0 Å². The zero-order valence-electron chi connectivity index (χ0n) is 10.2. The Labute approximate surface area is 109 Å². The van der Waals surface area contributed by atoms with Gasteiger partial charge in [-0.25, -0.2) is 9.59 Å². The predicted molar refractivity (Wildman–Crippen MR) is 67.6 cm³/mol. The number of hydrogen-bond donors (Lipinski definition) is 2. The Kier molecular flexibility index (Phi) is 3.37. The molecule has 0 atom stereocenters. The minimum absolute atomic E-state index is 0.106. The first-order chi connectivity index (χ1) is 9.07. The van der Waals surface area contributed by atoms with Crippen molar-refractivity contribution in [3.8, 4) is 16.9 Å². The van der Waals surface area contributed by atoms with Gasteiger partial charge < -0.3 is 14.9 Å². The van der Waals surface area contributed by atoms with Gasteiger partial charge in [0.1, 0.15) is 16.9 Å². The molecule has 0 bridgehead atoms. The second kappa shape index (κ2) is 4.97. The fraction of sp³-hybridized carbons (Fsp3) is 0.143. The number of fused-ring (bicyclic) bond motifs is 1. The summed E-state index contributed by atoms with van der Waals surface area (Å²) in [5, 5.41) is 19.1. The molecule has 2 rings (SSSR count). The van der Waals surface area contributed by atoms with Crippen LogP contribution in [0.1, 0.15) is 27.6 Å². The van der Waals surface area contributed by atoms with Crippen molar-refractivity contribution in [1.29, 1.82) is 0 Å². The van der Waals surface area contributed by atoms with Crippen LogP contribution in [0.15, 0.2) is 30.3 Å². The quantitative estimate of drug-likeness (QED) is 0.828. The van der Waals surface area contributed by atoms with Gasteiger partial charge in [0.2, 0.25) is 0 Å². The fourth-order valence-corrected chi connectivity index (χ4v) is 1.99. The predicted octanol–water partition coefficient (Wildman–Crippen LogP) is 2.37. The van der Waals surface area contributed by atoms with Gasteiger partial charge in [-0.15, -0.1) is 0 Å². The third kappa shape index (κ3) is 2.10. The molecule has 0 spiro atoms. The molecule has 5 nitrogen and oxygen atoms in total. The lowest BCUT2D eigenvalue weighted by Crippen LogP contribution is -2.04. The van der Waals surface area contributed by atoms with Crippen molar-refractivity contribution in [1.82, 2.24) is 0 Å². The summed E-state index contributed by atoms with van der Waals surface area (Å²) in [4.78, 5) is 23.1. The third-order valence-corrected chi connectivity index (χ3v) is 2.74. The summed E-state index contributed by atoms with van der Waals surface area (Å²) < 4.78 is 4.85. The van der Waals surface area contributed by atoms with Crippen molar-refractivity contribution in [2.24, 2.45) is 0 Å². The largest absolute Gasteiger partial charge is 0.506 e. The van der Waals surface area contributed by atoms with Gasteiger partial charge in [0, 0.05) is 11.1 Å². The summed E-state index contributed by atoms with van der Waals surface area (Å²) in [6.45, 7) is 1.78. The molecule has 0 amide bonds. The van der Waals surface area contributed by atoms with Crippen LogP contribution >= 0.6 is 0 Å². The monoisotopic (exact) mass is 260 g/mol. The van der Waals surface area contributed by atoms with E-state index in [1.165, 1.54) is 0 Å². The molecule has 0 radical (unpaired) electrons. The highest BCUT2D eigenvalue weighted by molar-refractivity contribution is 6.11. The van der Waals surface area contributed by atoms with E-state index in [9.17, 15) is 14.7 Å². The number of rotatable bonds is 3.